The van der Waals surface area contributed by atoms with Crippen molar-refractivity contribution in [3.8, 4) is 11.5 Å². The van der Waals surface area contributed by atoms with E-state index in [9.17, 15) is 19.8 Å². The van der Waals surface area contributed by atoms with Crippen LogP contribution in [0.4, 0.5) is 11.4 Å². The Morgan fingerprint density at radius 2 is 1.06 bits per heavy atom. The molecule has 9 heteroatoms. The second-order valence-electron chi connectivity index (χ2n) is 6.16. The third kappa shape index (κ3) is 5.79. The molecule has 0 amide bonds. The number of aromatic hydroxyl groups is 2. The molecule has 0 aliphatic heterocycles. The van der Waals surface area contributed by atoms with Gasteiger partial charge in [0.15, 0.2) is 0 Å². The summed E-state index contributed by atoms with van der Waals surface area (Å²) in [5.74, 6) is -2.50. The molecule has 0 saturated heterocycles. The molecule has 3 aromatic carbocycles. The number of hydrogen-bond acceptors (Lipinski definition) is 6. The molecule has 0 aliphatic carbocycles. The minimum absolute atomic E-state index is 0. The molecule has 1 radical (unpaired) electrons. The summed E-state index contributed by atoms with van der Waals surface area (Å²) < 4.78 is 0. The number of phenolic OH excluding ortho intramolecular Hbond substituents is 2. The largest absolute Gasteiger partial charge is 0.507 e. The number of carboxylic acids is 2. The molecule has 3 aromatic rings. The monoisotopic (exact) mass is 467 g/mol. The molecule has 8 nitrogen and oxygen atoms in total. The van der Waals surface area contributed by atoms with Gasteiger partial charge >= 0.3 is 11.9 Å². The van der Waals surface area contributed by atoms with Crippen molar-refractivity contribution >= 4 is 35.7 Å². The number of carbonyl (C=O) groups is 2. The van der Waals surface area contributed by atoms with Crippen molar-refractivity contribution in [2.45, 2.75) is 0 Å². The Bertz CT molecular complexity index is 1100. The first kappa shape index (κ1) is 23.3. The number of benzene rings is 3. The average molecular weight is 468 g/mol. The molecule has 0 unspecified atom stereocenters. The number of aromatic carboxylic acids is 2. The normalized spacial score (nSPS) is 10.8. The first-order chi connectivity index (χ1) is 14.3. The van der Waals surface area contributed by atoms with Crippen LogP contribution >= 0.6 is 0 Å². The Hall–Kier alpha value is -3.94. The molecule has 3 rings (SSSR count). The van der Waals surface area contributed by atoms with Crippen LogP contribution in [0.2, 0.25) is 0 Å². The molecule has 0 heterocycles. The van der Waals surface area contributed by atoms with E-state index in [4.69, 9.17) is 10.2 Å². The number of nitrogens with zero attached hydrogens (tertiary/aromatic N) is 2. The van der Waals surface area contributed by atoms with E-state index in [0.29, 0.717) is 11.4 Å². The molecule has 0 fully saturated rings. The smallest absolute Gasteiger partial charge is 0.335 e. The van der Waals surface area contributed by atoms with Gasteiger partial charge in [0.05, 0.1) is 22.5 Å². The van der Waals surface area contributed by atoms with Crippen LogP contribution in [0.25, 0.3) is 0 Å². The van der Waals surface area contributed by atoms with E-state index in [-0.39, 0.29) is 50.8 Å². The fraction of sp³-hybridized carbons (Fsp3) is 0. The van der Waals surface area contributed by atoms with Crippen LogP contribution in [0.5, 0.6) is 11.5 Å². The van der Waals surface area contributed by atoms with Gasteiger partial charge in [-0.05, 0) is 48.5 Å². The number of carboxylic acid groups (broad SMARTS) is 2. The van der Waals surface area contributed by atoms with Gasteiger partial charge in [-0.15, -0.1) is 0 Å². The molecule has 4 N–H and O–H groups in total. The third-order valence-electron chi connectivity index (χ3n) is 4.12. The van der Waals surface area contributed by atoms with E-state index in [1.165, 1.54) is 48.8 Å². The quantitative estimate of drug-likeness (QED) is 0.319. The summed E-state index contributed by atoms with van der Waals surface area (Å²) in [4.78, 5) is 30.7. The summed E-state index contributed by atoms with van der Waals surface area (Å²) in [5.41, 5.74) is 1.30. The van der Waals surface area contributed by atoms with Gasteiger partial charge in [-0.25, -0.2) is 9.59 Å². The Balaban J connectivity index is 0.00000341. The molecule has 161 valence electrons. The predicted molar refractivity (Wildman–Crippen MR) is 111 cm³/mol. The van der Waals surface area contributed by atoms with Gasteiger partial charge in [-0.3, -0.25) is 9.98 Å². The first-order valence-corrected chi connectivity index (χ1v) is 8.65. The number of rotatable bonds is 6. The van der Waals surface area contributed by atoms with Crippen molar-refractivity contribution in [3.05, 3.63) is 82.9 Å². The molecule has 0 spiro atoms. The van der Waals surface area contributed by atoms with Crippen LogP contribution in [0.1, 0.15) is 31.8 Å². The van der Waals surface area contributed by atoms with Crippen molar-refractivity contribution in [1.82, 2.24) is 0 Å². The van der Waals surface area contributed by atoms with Crippen molar-refractivity contribution in [1.29, 1.82) is 0 Å². The van der Waals surface area contributed by atoms with Crippen LogP contribution in [-0.2, 0) is 17.1 Å². The van der Waals surface area contributed by atoms with E-state index < -0.39 is 11.9 Å². The zero-order valence-electron chi connectivity index (χ0n) is 15.7. The van der Waals surface area contributed by atoms with Crippen LogP contribution in [0.3, 0.4) is 0 Å². The van der Waals surface area contributed by atoms with Gasteiger partial charge in [0.25, 0.3) is 0 Å². The standard InChI is InChI=1S/C22H16N2O6.Cu/c25-19-7-5-13(21(27)28)9-15(19)11-23-17-3-1-2-4-18(17)24-12-16-10-14(22(29)30)6-8-20(16)26;/h1-12,25-26H,(H,27,28)(H,29,30);. The van der Waals surface area contributed by atoms with E-state index in [1.807, 2.05) is 0 Å². The first-order valence-electron chi connectivity index (χ1n) is 8.65. The Labute approximate surface area is 187 Å². The van der Waals surface area contributed by atoms with Gasteiger partial charge in [0.1, 0.15) is 11.5 Å². The SMILES string of the molecule is O=C(O)c1ccc(O)c(C=Nc2ccccc2N=Cc2cc(C(=O)O)ccc2O)c1.[Cu]. The van der Waals surface area contributed by atoms with Gasteiger partial charge in [0.2, 0.25) is 0 Å². The van der Waals surface area contributed by atoms with Crippen LogP contribution < -0.4 is 0 Å². The molecule has 0 aromatic heterocycles. The van der Waals surface area contributed by atoms with Crippen molar-refractivity contribution < 1.29 is 47.1 Å². The fourth-order valence-corrected chi connectivity index (χ4v) is 2.54. The number of hydrogen-bond donors (Lipinski definition) is 4. The maximum Gasteiger partial charge on any atom is 0.335 e. The molecular weight excluding hydrogens is 452 g/mol. The van der Waals surface area contributed by atoms with Crippen LogP contribution in [0, 0.1) is 0 Å². The predicted octanol–water partition coefficient (Wildman–Crippen LogP) is 3.99. The summed E-state index contributed by atoms with van der Waals surface area (Å²) in [6.07, 6.45) is 2.64. The number of aliphatic imine (C=N–C) groups is 2. The van der Waals surface area contributed by atoms with E-state index in [0.717, 1.165) is 0 Å². The Morgan fingerprint density at radius 3 is 1.42 bits per heavy atom. The van der Waals surface area contributed by atoms with Crippen LogP contribution in [-0.4, -0.2) is 44.8 Å². The van der Waals surface area contributed by atoms with Crippen molar-refractivity contribution in [2.75, 3.05) is 0 Å². The summed E-state index contributed by atoms with van der Waals surface area (Å²) >= 11 is 0. The van der Waals surface area contributed by atoms with Gasteiger partial charge < -0.3 is 20.4 Å². The molecule has 31 heavy (non-hydrogen) atoms. The second kappa shape index (κ2) is 10.2. The maximum absolute atomic E-state index is 11.1. The molecule has 0 saturated carbocycles. The minimum atomic E-state index is -1.13. The summed E-state index contributed by atoms with van der Waals surface area (Å²) in [7, 11) is 0. The maximum atomic E-state index is 11.1. The zero-order chi connectivity index (χ0) is 21.7. The molecule has 0 bridgehead atoms. The van der Waals surface area contributed by atoms with Crippen LogP contribution in [0.15, 0.2) is 70.6 Å². The topological polar surface area (TPSA) is 140 Å². The van der Waals surface area contributed by atoms with Gasteiger partial charge in [-0.2, -0.15) is 0 Å². The van der Waals surface area contributed by atoms with Gasteiger partial charge in [0, 0.05) is 40.6 Å². The van der Waals surface area contributed by atoms with E-state index in [2.05, 4.69) is 9.98 Å². The molecule has 0 atom stereocenters. The third-order valence-corrected chi connectivity index (χ3v) is 4.12. The zero-order valence-corrected chi connectivity index (χ0v) is 16.7. The second-order valence-corrected chi connectivity index (χ2v) is 6.16. The van der Waals surface area contributed by atoms with Crippen molar-refractivity contribution in [2.24, 2.45) is 9.98 Å². The minimum Gasteiger partial charge on any atom is -0.507 e. The molecular formula is C22H16CuN2O6. The van der Waals surface area contributed by atoms with E-state index >= 15 is 0 Å². The number of para-hydroxylation sites is 2. The number of phenols is 2. The average Bonchev–Trinajstić information content (AvgIpc) is 2.72. The van der Waals surface area contributed by atoms with Crippen molar-refractivity contribution in [3.63, 3.8) is 0 Å². The Morgan fingerprint density at radius 1 is 0.677 bits per heavy atom. The summed E-state index contributed by atoms with van der Waals surface area (Å²) in [6.45, 7) is 0. The van der Waals surface area contributed by atoms with E-state index in [1.54, 1.807) is 24.3 Å². The molecule has 0 aliphatic rings. The summed E-state index contributed by atoms with van der Waals surface area (Å²) in [5, 5.41) is 38.0. The van der Waals surface area contributed by atoms with Gasteiger partial charge in [-0.1, -0.05) is 12.1 Å². The Kier molecular flexibility index (Phi) is 7.68. The summed E-state index contributed by atoms with van der Waals surface area (Å²) in [6, 6.07) is 14.5. The fourth-order valence-electron chi connectivity index (χ4n) is 2.54.